The van der Waals surface area contributed by atoms with Crippen molar-refractivity contribution in [2.45, 2.75) is 49.7 Å². The maximum absolute atomic E-state index is 7.01. The number of hydrogen-bond acceptors (Lipinski definition) is 3. The van der Waals surface area contributed by atoms with E-state index in [0.717, 1.165) is 42.6 Å². The minimum atomic E-state index is -0.0650. The van der Waals surface area contributed by atoms with Crippen LogP contribution < -0.4 is 4.74 Å². The van der Waals surface area contributed by atoms with Crippen LogP contribution in [0.2, 0.25) is 0 Å². The van der Waals surface area contributed by atoms with Gasteiger partial charge in [0.25, 0.3) is 0 Å². The van der Waals surface area contributed by atoms with Gasteiger partial charge in [-0.25, -0.2) is 0 Å². The second-order valence-corrected chi connectivity index (χ2v) is 17.0. The summed E-state index contributed by atoms with van der Waals surface area (Å²) in [7, 11) is 2.32. The van der Waals surface area contributed by atoms with E-state index >= 15 is 0 Å². The Kier molecular flexibility index (Phi) is 8.30. The molecule has 0 bridgehead atoms. The standard InChI is InChI=1S/C57H45NO2/c1-58-48(37-17-6-3-7-18-37)27-9-8-19-40(39-21-10-20-38(33-39)36-15-4-2-5-16-36)34-49(58)45-25-13-28-50-55(45)46-32-31-41(35-53(46)60-50)42-22-11-23-43-44-24-12-29-51-56(44)57-47(54(42)43)26-14-30-52(57)59-51/h2-7,10-18,20-33,35,40,49-50,55H,8-9,19,34H2,1H3/b48-27-. The van der Waals surface area contributed by atoms with Crippen LogP contribution in [0.4, 0.5) is 0 Å². The number of hydrogen-bond donors (Lipinski definition) is 0. The summed E-state index contributed by atoms with van der Waals surface area (Å²) in [4.78, 5) is 2.59. The molecule has 0 spiro atoms. The van der Waals surface area contributed by atoms with Gasteiger partial charge >= 0.3 is 0 Å². The normalized spacial score (nSPS) is 21.2. The molecule has 1 aliphatic carbocycles. The van der Waals surface area contributed by atoms with E-state index in [2.05, 4.69) is 194 Å². The third kappa shape index (κ3) is 5.63. The van der Waals surface area contributed by atoms with E-state index in [4.69, 9.17) is 9.15 Å². The van der Waals surface area contributed by atoms with Gasteiger partial charge in [-0.2, -0.15) is 0 Å². The Hall–Kier alpha value is -6.84. The Morgan fingerprint density at radius 3 is 2.12 bits per heavy atom. The van der Waals surface area contributed by atoms with Gasteiger partial charge in [-0.05, 0) is 116 Å². The van der Waals surface area contributed by atoms with Gasteiger partial charge in [0.2, 0.25) is 0 Å². The van der Waals surface area contributed by atoms with Crippen molar-refractivity contribution in [3.63, 3.8) is 0 Å². The zero-order valence-electron chi connectivity index (χ0n) is 33.7. The SMILES string of the molecule is CN1/C(c2ccccc2)=C\CCCC(c2cccc(-c3ccccc3)c2)CC1C1=CC=CC2Oc3cc(-c4cccc5c6cccc7oc8cccc(c45)c8c76)ccc3C12. The fourth-order valence-corrected chi connectivity index (χ4v) is 10.9. The highest BCUT2D eigenvalue weighted by Crippen LogP contribution is 2.51. The summed E-state index contributed by atoms with van der Waals surface area (Å²) in [6, 6.07) is 57.9. The molecule has 60 heavy (non-hydrogen) atoms. The van der Waals surface area contributed by atoms with Crippen LogP contribution in [0.25, 0.3) is 71.4 Å². The highest BCUT2D eigenvalue weighted by molar-refractivity contribution is 6.34. The number of furan rings is 1. The highest BCUT2D eigenvalue weighted by atomic mass is 16.5. The first kappa shape index (κ1) is 35.1. The van der Waals surface area contributed by atoms with Crippen LogP contribution in [-0.2, 0) is 0 Å². The lowest BCUT2D eigenvalue weighted by Crippen LogP contribution is -2.38. The van der Waals surface area contributed by atoms with Crippen molar-refractivity contribution in [2.24, 2.45) is 0 Å². The van der Waals surface area contributed by atoms with Crippen LogP contribution in [0, 0.1) is 0 Å². The Balaban J connectivity index is 0.957. The number of nitrogens with zero attached hydrogens (tertiary/aromatic N) is 1. The minimum Gasteiger partial charge on any atom is -0.485 e. The summed E-state index contributed by atoms with van der Waals surface area (Å²) < 4.78 is 13.4. The van der Waals surface area contributed by atoms with Crippen LogP contribution >= 0.6 is 0 Å². The molecule has 9 aromatic rings. The summed E-state index contributed by atoms with van der Waals surface area (Å²) in [6.07, 6.45) is 13.7. The predicted octanol–water partition coefficient (Wildman–Crippen LogP) is 14.7. The van der Waals surface area contributed by atoms with Gasteiger partial charge in [-0.15, -0.1) is 0 Å². The lowest BCUT2D eigenvalue weighted by atomic mass is 9.76. The number of likely N-dealkylation sites (N-methyl/N-ethyl adjacent to an activating group) is 1. The Morgan fingerprint density at radius 2 is 1.30 bits per heavy atom. The number of benzene rings is 8. The van der Waals surface area contributed by atoms with E-state index in [-0.39, 0.29) is 18.1 Å². The summed E-state index contributed by atoms with van der Waals surface area (Å²) in [5, 5.41) is 7.39. The van der Waals surface area contributed by atoms with Gasteiger partial charge in [-0.1, -0.05) is 158 Å². The first-order chi connectivity index (χ1) is 29.7. The van der Waals surface area contributed by atoms with E-state index in [1.807, 2.05) is 0 Å². The van der Waals surface area contributed by atoms with Crippen molar-refractivity contribution >= 4 is 49.2 Å². The fraction of sp³-hybridized carbons (Fsp3) is 0.158. The lowest BCUT2D eigenvalue weighted by Gasteiger charge is -2.39. The van der Waals surface area contributed by atoms with Gasteiger partial charge in [0.05, 0.1) is 12.0 Å². The Morgan fingerprint density at radius 1 is 0.600 bits per heavy atom. The Bertz CT molecular complexity index is 3170. The van der Waals surface area contributed by atoms with Gasteiger partial charge in [0.15, 0.2) is 0 Å². The topological polar surface area (TPSA) is 25.6 Å². The average Bonchev–Trinajstić information content (AvgIpc) is 3.90. The smallest absolute Gasteiger partial charge is 0.136 e. The summed E-state index contributed by atoms with van der Waals surface area (Å²) in [6.45, 7) is 0. The predicted molar refractivity (Wildman–Crippen MR) is 249 cm³/mol. The second-order valence-electron chi connectivity index (χ2n) is 17.0. The molecule has 0 saturated carbocycles. The third-order valence-electron chi connectivity index (χ3n) is 13.7. The number of fused-ring (bicyclic) bond motifs is 6. The van der Waals surface area contributed by atoms with Crippen LogP contribution in [0.3, 0.4) is 0 Å². The molecule has 0 fully saturated rings. The molecule has 0 radical (unpaired) electrons. The molecule has 8 aromatic carbocycles. The van der Waals surface area contributed by atoms with Gasteiger partial charge in [-0.3, -0.25) is 0 Å². The van der Waals surface area contributed by atoms with E-state index in [9.17, 15) is 0 Å². The first-order valence-electron chi connectivity index (χ1n) is 21.6. The molecule has 290 valence electrons. The summed E-state index contributed by atoms with van der Waals surface area (Å²) in [5.74, 6) is 1.49. The molecule has 1 aromatic heterocycles. The molecule has 4 unspecified atom stereocenters. The van der Waals surface area contributed by atoms with Crippen molar-refractivity contribution in [3.8, 4) is 28.0 Å². The van der Waals surface area contributed by atoms with E-state index < -0.39 is 0 Å². The lowest BCUT2D eigenvalue weighted by molar-refractivity contribution is 0.248. The van der Waals surface area contributed by atoms with Crippen molar-refractivity contribution < 1.29 is 9.15 Å². The molecule has 3 nitrogen and oxygen atoms in total. The second kappa shape index (κ2) is 14.2. The maximum atomic E-state index is 7.01. The quantitative estimate of drug-likeness (QED) is 0.163. The average molecular weight is 776 g/mol. The number of rotatable bonds is 5. The largest absolute Gasteiger partial charge is 0.485 e. The monoisotopic (exact) mass is 775 g/mol. The van der Waals surface area contributed by atoms with E-state index in [1.54, 1.807) is 0 Å². The van der Waals surface area contributed by atoms with Crippen molar-refractivity contribution in [2.75, 3.05) is 7.05 Å². The molecular formula is C57H45NO2. The molecule has 3 heteroatoms. The highest BCUT2D eigenvalue weighted by Gasteiger charge is 2.42. The molecule has 0 amide bonds. The van der Waals surface area contributed by atoms with Crippen LogP contribution in [0.1, 0.15) is 54.2 Å². The van der Waals surface area contributed by atoms with Crippen molar-refractivity contribution in [1.29, 1.82) is 0 Å². The zero-order valence-corrected chi connectivity index (χ0v) is 33.7. The molecule has 3 aliphatic rings. The molecule has 2 aliphatic heterocycles. The molecule has 0 N–H and O–H groups in total. The Labute approximate surface area is 350 Å². The molecule has 4 atom stereocenters. The van der Waals surface area contributed by atoms with Crippen LogP contribution in [-0.4, -0.2) is 24.1 Å². The zero-order chi connectivity index (χ0) is 39.7. The number of allylic oxidation sites excluding steroid dienone is 3. The first-order valence-corrected chi connectivity index (χ1v) is 21.6. The van der Waals surface area contributed by atoms with Crippen LogP contribution in [0.15, 0.2) is 192 Å². The van der Waals surface area contributed by atoms with Crippen molar-refractivity contribution in [1.82, 2.24) is 4.90 Å². The maximum Gasteiger partial charge on any atom is 0.136 e. The summed E-state index contributed by atoms with van der Waals surface area (Å²) in [5.41, 5.74) is 13.5. The van der Waals surface area contributed by atoms with E-state index in [0.29, 0.717) is 5.92 Å². The minimum absolute atomic E-state index is 0.0650. The molecule has 3 heterocycles. The van der Waals surface area contributed by atoms with Gasteiger partial charge in [0.1, 0.15) is 23.0 Å². The molecular weight excluding hydrogens is 731 g/mol. The molecule has 12 rings (SSSR count). The molecule has 0 saturated heterocycles. The van der Waals surface area contributed by atoms with E-state index in [1.165, 1.54) is 82.5 Å². The third-order valence-corrected chi connectivity index (χ3v) is 13.7. The van der Waals surface area contributed by atoms with Crippen molar-refractivity contribution in [3.05, 3.63) is 204 Å². The van der Waals surface area contributed by atoms with Crippen LogP contribution in [0.5, 0.6) is 5.75 Å². The number of ether oxygens (including phenoxy) is 1. The van der Waals surface area contributed by atoms with Gasteiger partial charge < -0.3 is 14.1 Å². The fourth-order valence-electron chi connectivity index (χ4n) is 10.9. The summed E-state index contributed by atoms with van der Waals surface area (Å²) >= 11 is 0. The van der Waals surface area contributed by atoms with Gasteiger partial charge in [0, 0.05) is 29.1 Å².